The minimum Gasteiger partial charge on any atom is -0.336 e. The molecule has 1 aromatic rings. The average molecular weight is 314 g/mol. The van der Waals surface area contributed by atoms with Gasteiger partial charge in [0.15, 0.2) is 0 Å². The lowest BCUT2D eigenvalue weighted by molar-refractivity contribution is -0.144. The second-order valence-corrected chi connectivity index (χ2v) is 6.91. The van der Waals surface area contributed by atoms with E-state index in [2.05, 4.69) is 0 Å². The number of hydrogen-bond donors (Lipinski definition) is 0. The smallest absolute Gasteiger partial charge is 0.253 e. The Labute approximate surface area is 138 Å². The molecule has 0 N–H and O–H groups in total. The van der Waals surface area contributed by atoms with Crippen LogP contribution in [0.3, 0.4) is 0 Å². The number of hydrogen-bond acceptors (Lipinski definition) is 2. The second kappa shape index (κ2) is 6.34. The number of benzene rings is 1. The van der Waals surface area contributed by atoms with Crippen molar-refractivity contribution in [1.82, 2.24) is 9.80 Å². The molecule has 2 aliphatic heterocycles. The van der Waals surface area contributed by atoms with Crippen LogP contribution >= 0.6 is 0 Å². The third-order valence-electron chi connectivity index (χ3n) is 5.36. The normalized spacial score (nSPS) is 25.0. The zero-order valence-corrected chi connectivity index (χ0v) is 14.2. The van der Waals surface area contributed by atoms with E-state index >= 15 is 0 Å². The predicted molar refractivity (Wildman–Crippen MR) is 90.3 cm³/mol. The van der Waals surface area contributed by atoms with Gasteiger partial charge in [-0.1, -0.05) is 17.7 Å². The van der Waals surface area contributed by atoms with Crippen LogP contribution in [-0.2, 0) is 4.79 Å². The van der Waals surface area contributed by atoms with Crippen molar-refractivity contribution in [2.24, 2.45) is 0 Å². The number of rotatable bonds is 2. The Bertz CT molecular complexity index is 592. The van der Waals surface area contributed by atoms with Crippen molar-refractivity contribution in [1.29, 1.82) is 0 Å². The van der Waals surface area contributed by atoms with Crippen molar-refractivity contribution in [3.05, 3.63) is 35.4 Å². The monoisotopic (exact) mass is 314 g/mol. The summed E-state index contributed by atoms with van der Waals surface area (Å²) in [6.45, 7) is 6.29. The van der Waals surface area contributed by atoms with Crippen molar-refractivity contribution in [3.8, 4) is 0 Å². The van der Waals surface area contributed by atoms with E-state index in [0.717, 1.165) is 49.9 Å². The zero-order chi connectivity index (χ0) is 16.4. The maximum Gasteiger partial charge on any atom is 0.253 e. The lowest BCUT2D eigenvalue weighted by Crippen LogP contribution is -2.63. The Hall–Kier alpha value is -1.84. The summed E-state index contributed by atoms with van der Waals surface area (Å²) in [5.41, 5.74) is 1.77. The molecule has 3 rings (SSSR count). The molecule has 0 radical (unpaired) electrons. The fourth-order valence-electron chi connectivity index (χ4n) is 4.20. The van der Waals surface area contributed by atoms with Crippen LogP contribution in [0.25, 0.3) is 0 Å². The largest absolute Gasteiger partial charge is 0.336 e. The summed E-state index contributed by atoms with van der Waals surface area (Å²) in [5.74, 6) is 0.349. The first kappa shape index (κ1) is 16.0. The number of amides is 2. The number of carbonyl (C=O) groups excluding carboxylic acids is 2. The van der Waals surface area contributed by atoms with Crippen LogP contribution in [0.4, 0.5) is 0 Å². The van der Waals surface area contributed by atoms with Gasteiger partial charge in [-0.3, -0.25) is 9.59 Å². The number of likely N-dealkylation sites (tertiary alicyclic amines) is 2. The van der Waals surface area contributed by atoms with Crippen LogP contribution in [0.1, 0.15) is 54.9 Å². The van der Waals surface area contributed by atoms with Gasteiger partial charge in [0.05, 0.1) is 5.54 Å². The van der Waals surface area contributed by atoms with Gasteiger partial charge in [-0.2, -0.15) is 0 Å². The third-order valence-corrected chi connectivity index (χ3v) is 5.36. The van der Waals surface area contributed by atoms with E-state index in [4.69, 9.17) is 0 Å². The minimum absolute atomic E-state index is 0.0955. The topological polar surface area (TPSA) is 40.6 Å². The fraction of sp³-hybridized carbons (Fsp3) is 0.579. The Balaban J connectivity index is 1.81. The fourth-order valence-corrected chi connectivity index (χ4v) is 4.20. The van der Waals surface area contributed by atoms with Crippen molar-refractivity contribution in [3.63, 3.8) is 0 Å². The van der Waals surface area contributed by atoms with Gasteiger partial charge in [-0.15, -0.1) is 0 Å². The quantitative estimate of drug-likeness (QED) is 0.842. The molecular weight excluding hydrogens is 288 g/mol. The van der Waals surface area contributed by atoms with E-state index in [1.165, 1.54) is 0 Å². The van der Waals surface area contributed by atoms with E-state index in [1.807, 2.05) is 47.9 Å². The summed E-state index contributed by atoms with van der Waals surface area (Å²) in [7, 11) is 0. The third kappa shape index (κ3) is 2.99. The summed E-state index contributed by atoms with van der Waals surface area (Å²) in [5, 5.41) is 0. The van der Waals surface area contributed by atoms with Gasteiger partial charge in [0.2, 0.25) is 5.91 Å². The minimum atomic E-state index is -0.136. The molecule has 23 heavy (non-hydrogen) atoms. The molecule has 4 heteroatoms. The highest BCUT2D eigenvalue weighted by atomic mass is 16.2. The first-order valence-electron chi connectivity index (χ1n) is 8.72. The molecule has 2 aliphatic rings. The molecule has 124 valence electrons. The molecule has 0 saturated carbocycles. The van der Waals surface area contributed by atoms with Crippen LogP contribution in [0.15, 0.2) is 24.3 Å². The summed E-state index contributed by atoms with van der Waals surface area (Å²) in [6.07, 6.45) is 4.61. The van der Waals surface area contributed by atoms with Crippen molar-refractivity contribution < 1.29 is 9.59 Å². The SMILES string of the molecule is CCN1C(=O)CCC[C@@]12CCCN(C(=O)c1ccc(C)cc1)C2. The van der Waals surface area contributed by atoms with E-state index in [0.29, 0.717) is 13.0 Å². The molecule has 0 unspecified atom stereocenters. The Kier molecular flexibility index (Phi) is 4.42. The predicted octanol–water partition coefficient (Wildman–Crippen LogP) is 3.00. The summed E-state index contributed by atoms with van der Waals surface area (Å²) >= 11 is 0. The summed E-state index contributed by atoms with van der Waals surface area (Å²) in [6, 6.07) is 7.77. The van der Waals surface area contributed by atoms with Crippen molar-refractivity contribution in [2.45, 2.75) is 51.5 Å². The van der Waals surface area contributed by atoms with Gasteiger partial charge in [-0.25, -0.2) is 0 Å². The maximum atomic E-state index is 12.8. The van der Waals surface area contributed by atoms with Gasteiger partial charge in [0.25, 0.3) is 5.91 Å². The number of aryl methyl sites for hydroxylation is 1. The average Bonchev–Trinajstić information content (AvgIpc) is 2.55. The van der Waals surface area contributed by atoms with Crippen LogP contribution in [0.2, 0.25) is 0 Å². The van der Waals surface area contributed by atoms with Crippen LogP contribution < -0.4 is 0 Å². The molecule has 0 bridgehead atoms. The molecular formula is C19H26N2O2. The molecule has 2 amide bonds. The first-order valence-corrected chi connectivity index (χ1v) is 8.72. The second-order valence-electron chi connectivity index (χ2n) is 6.91. The lowest BCUT2D eigenvalue weighted by Gasteiger charge is -2.52. The summed E-state index contributed by atoms with van der Waals surface area (Å²) in [4.78, 5) is 29.1. The van der Waals surface area contributed by atoms with Gasteiger partial charge in [0, 0.05) is 31.6 Å². The van der Waals surface area contributed by atoms with Gasteiger partial charge < -0.3 is 9.80 Å². The van der Waals surface area contributed by atoms with Crippen LogP contribution in [0, 0.1) is 6.92 Å². The zero-order valence-electron chi connectivity index (χ0n) is 14.2. The van der Waals surface area contributed by atoms with Crippen molar-refractivity contribution >= 4 is 11.8 Å². The van der Waals surface area contributed by atoms with E-state index in [9.17, 15) is 9.59 Å². The molecule has 2 heterocycles. The number of likely N-dealkylation sites (N-methyl/N-ethyl adjacent to an activating group) is 1. The highest BCUT2D eigenvalue weighted by Gasteiger charge is 2.45. The Morgan fingerprint density at radius 2 is 1.87 bits per heavy atom. The van der Waals surface area contributed by atoms with E-state index in [1.54, 1.807) is 0 Å². The molecule has 1 aromatic carbocycles. The molecule has 0 aliphatic carbocycles. The molecule has 1 atom stereocenters. The highest BCUT2D eigenvalue weighted by Crippen LogP contribution is 2.36. The molecule has 2 fully saturated rings. The van der Waals surface area contributed by atoms with E-state index < -0.39 is 0 Å². The van der Waals surface area contributed by atoms with Gasteiger partial charge >= 0.3 is 0 Å². The molecule has 0 aromatic heterocycles. The summed E-state index contributed by atoms with van der Waals surface area (Å²) < 4.78 is 0. The molecule has 4 nitrogen and oxygen atoms in total. The Morgan fingerprint density at radius 1 is 1.17 bits per heavy atom. The molecule has 2 saturated heterocycles. The van der Waals surface area contributed by atoms with Crippen LogP contribution in [0.5, 0.6) is 0 Å². The number of nitrogens with zero attached hydrogens (tertiary/aromatic N) is 2. The van der Waals surface area contributed by atoms with E-state index in [-0.39, 0.29) is 17.4 Å². The first-order chi connectivity index (χ1) is 11.1. The van der Waals surface area contributed by atoms with Crippen LogP contribution in [-0.4, -0.2) is 46.8 Å². The lowest BCUT2D eigenvalue weighted by atomic mass is 9.79. The number of carbonyl (C=O) groups is 2. The Morgan fingerprint density at radius 3 is 2.57 bits per heavy atom. The maximum absolute atomic E-state index is 12.8. The van der Waals surface area contributed by atoms with Gasteiger partial charge in [0.1, 0.15) is 0 Å². The standard InChI is InChI=1S/C19H26N2O2/c1-3-21-17(22)6-4-11-19(21)12-5-13-20(14-19)18(23)16-9-7-15(2)8-10-16/h7-10H,3-6,11-14H2,1-2H3/t19-/m0/s1. The van der Waals surface area contributed by atoms with Crippen molar-refractivity contribution in [2.75, 3.05) is 19.6 Å². The molecule has 1 spiro atoms. The highest BCUT2D eigenvalue weighted by molar-refractivity contribution is 5.94. The number of piperidine rings is 2. The van der Waals surface area contributed by atoms with Gasteiger partial charge in [-0.05, 0) is 51.7 Å².